The van der Waals surface area contributed by atoms with Crippen molar-refractivity contribution in [2.24, 2.45) is 0 Å². The summed E-state index contributed by atoms with van der Waals surface area (Å²) in [6, 6.07) is 29.7. The first-order chi connectivity index (χ1) is 17.5. The Labute approximate surface area is 213 Å². The molecule has 0 saturated heterocycles. The summed E-state index contributed by atoms with van der Waals surface area (Å²) in [5, 5.41) is 5.18. The Hall–Kier alpha value is -4.10. The third kappa shape index (κ3) is 6.52. The van der Waals surface area contributed by atoms with Crippen LogP contribution < -0.4 is 15.4 Å². The Morgan fingerprint density at radius 1 is 0.806 bits per heavy atom. The second-order valence-electron chi connectivity index (χ2n) is 7.81. The van der Waals surface area contributed by atoms with Gasteiger partial charge in [0.2, 0.25) is 5.91 Å². The Balaban J connectivity index is 1.47. The number of thioether (sulfide) groups is 1. The molecule has 0 saturated carbocycles. The Morgan fingerprint density at radius 3 is 2.08 bits per heavy atom. The van der Waals surface area contributed by atoms with Gasteiger partial charge in [0.1, 0.15) is 16.8 Å². The molecule has 7 heteroatoms. The first-order valence-electron chi connectivity index (χ1n) is 11.4. The number of benzene rings is 4. The fourth-order valence-corrected chi connectivity index (χ4v) is 4.53. The summed E-state index contributed by atoms with van der Waals surface area (Å²) in [4.78, 5) is 26.5. The first kappa shape index (κ1) is 25.0. The zero-order valence-corrected chi connectivity index (χ0v) is 20.4. The van der Waals surface area contributed by atoms with Gasteiger partial charge in [0.05, 0.1) is 12.2 Å². The molecular formula is C29H25FN2O3S. The van der Waals surface area contributed by atoms with E-state index in [-0.39, 0.29) is 11.5 Å². The van der Waals surface area contributed by atoms with Crippen molar-refractivity contribution in [2.45, 2.75) is 17.1 Å². The van der Waals surface area contributed by atoms with Crippen molar-refractivity contribution in [3.8, 4) is 5.75 Å². The standard InChI is InChI=1S/C29H25FN2O3S/c1-2-35-23-16-12-21(13-17-23)32-29(34)27(20-8-4-3-5-9-20)36-24-18-14-22(15-19-24)31-28(33)25-10-6-7-11-26(25)30/h3-19,27H,2H2,1H3,(H,31,33)(H,32,34). The first-order valence-corrected chi connectivity index (χ1v) is 12.3. The molecule has 0 aliphatic rings. The van der Waals surface area contributed by atoms with Crippen LogP contribution in [0.5, 0.6) is 5.75 Å². The maximum Gasteiger partial charge on any atom is 0.258 e. The van der Waals surface area contributed by atoms with Crippen LogP contribution in [0, 0.1) is 5.82 Å². The van der Waals surface area contributed by atoms with Gasteiger partial charge in [0, 0.05) is 16.3 Å². The second kappa shape index (κ2) is 12.0. The van der Waals surface area contributed by atoms with Gasteiger partial charge >= 0.3 is 0 Å². The highest BCUT2D eigenvalue weighted by Crippen LogP contribution is 2.37. The number of amides is 2. The van der Waals surface area contributed by atoms with Crippen LogP contribution in [0.15, 0.2) is 108 Å². The predicted octanol–water partition coefficient (Wildman–Crippen LogP) is 6.95. The minimum atomic E-state index is -0.577. The molecule has 4 rings (SSSR count). The Bertz CT molecular complexity index is 1310. The molecule has 2 N–H and O–H groups in total. The summed E-state index contributed by atoms with van der Waals surface area (Å²) in [6.07, 6.45) is 0. The smallest absolute Gasteiger partial charge is 0.258 e. The van der Waals surface area contributed by atoms with Crippen LogP contribution in [-0.2, 0) is 4.79 Å². The average Bonchev–Trinajstić information content (AvgIpc) is 2.90. The van der Waals surface area contributed by atoms with E-state index in [9.17, 15) is 14.0 Å². The van der Waals surface area contributed by atoms with E-state index >= 15 is 0 Å². The van der Waals surface area contributed by atoms with Gasteiger partial charge in [0.25, 0.3) is 5.91 Å². The molecule has 1 unspecified atom stereocenters. The van der Waals surface area contributed by atoms with Crippen LogP contribution in [-0.4, -0.2) is 18.4 Å². The maximum atomic E-state index is 13.9. The molecule has 0 radical (unpaired) electrons. The van der Waals surface area contributed by atoms with Gasteiger partial charge in [-0.05, 0) is 73.2 Å². The zero-order valence-electron chi connectivity index (χ0n) is 19.6. The van der Waals surface area contributed by atoms with Gasteiger partial charge in [-0.1, -0.05) is 42.5 Å². The SMILES string of the molecule is CCOc1ccc(NC(=O)C(Sc2ccc(NC(=O)c3ccccc3F)cc2)c2ccccc2)cc1. The van der Waals surface area contributed by atoms with E-state index in [0.717, 1.165) is 16.2 Å². The van der Waals surface area contributed by atoms with Crippen molar-refractivity contribution < 1.29 is 18.7 Å². The van der Waals surface area contributed by atoms with Crippen molar-refractivity contribution in [3.05, 3.63) is 120 Å². The summed E-state index contributed by atoms with van der Waals surface area (Å²) in [6.45, 7) is 2.49. The monoisotopic (exact) mass is 500 g/mol. The van der Waals surface area contributed by atoms with E-state index in [1.165, 1.54) is 30.0 Å². The molecule has 182 valence electrons. The number of nitrogens with one attached hydrogen (secondary N) is 2. The van der Waals surface area contributed by atoms with E-state index in [4.69, 9.17) is 4.74 Å². The van der Waals surface area contributed by atoms with E-state index in [2.05, 4.69) is 10.6 Å². The van der Waals surface area contributed by atoms with Gasteiger partial charge in [-0.25, -0.2) is 4.39 Å². The fraction of sp³-hybridized carbons (Fsp3) is 0.103. The van der Waals surface area contributed by atoms with Crippen LogP contribution in [0.2, 0.25) is 0 Å². The molecule has 0 aliphatic heterocycles. The molecule has 0 fully saturated rings. The lowest BCUT2D eigenvalue weighted by Crippen LogP contribution is -2.19. The van der Waals surface area contributed by atoms with Gasteiger partial charge in [-0.3, -0.25) is 9.59 Å². The summed E-state index contributed by atoms with van der Waals surface area (Å²) in [5.41, 5.74) is 2.05. The highest BCUT2D eigenvalue weighted by Gasteiger charge is 2.22. The molecular weight excluding hydrogens is 475 g/mol. The molecule has 0 spiro atoms. The van der Waals surface area contributed by atoms with E-state index < -0.39 is 17.0 Å². The number of ether oxygens (including phenoxy) is 1. The van der Waals surface area contributed by atoms with Gasteiger partial charge in [0.15, 0.2) is 0 Å². The Morgan fingerprint density at radius 2 is 1.42 bits per heavy atom. The third-order valence-corrected chi connectivity index (χ3v) is 6.52. The summed E-state index contributed by atoms with van der Waals surface area (Å²) >= 11 is 1.40. The number of anilines is 2. The quantitative estimate of drug-likeness (QED) is 0.244. The number of hydrogen-bond acceptors (Lipinski definition) is 4. The molecule has 5 nitrogen and oxygen atoms in total. The lowest BCUT2D eigenvalue weighted by Gasteiger charge is -2.17. The molecule has 0 heterocycles. The summed E-state index contributed by atoms with van der Waals surface area (Å²) < 4.78 is 19.4. The third-order valence-electron chi connectivity index (χ3n) is 5.26. The van der Waals surface area contributed by atoms with Crippen molar-refractivity contribution in [1.82, 2.24) is 0 Å². The minimum absolute atomic E-state index is 0.0222. The summed E-state index contributed by atoms with van der Waals surface area (Å²) in [5.74, 6) is -0.518. The van der Waals surface area contributed by atoms with Crippen LogP contribution >= 0.6 is 11.8 Å². The molecule has 36 heavy (non-hydrogen) atoms. The highest BCUT2D eigenvalue weighted by molar-refractivity contribution is 8.00. The molecule has 0 bridgehead atoms. The highest BCUT2D eigenvalue weighted by atomic mass is 32.2. The average molecular weight is 501 g/mol. The van der Waals surface area contributed by atoms with E-state index in [1.54, 1.807) is 18.2 Å². The lowest BCUT2D eigenvalue weighted by atomic mass is 10.1. The predicted molar refractivity (Wildman–Crippen MR) is 142 cm³/mol. The Kier molecular flexibility index (Phi) is 8.36. The molecule has 2 amide bonds. The summed E-state index contributed by atoms with van der Waals surface area (Å²) in [7, 11) is 0. The van der Waals surface area contributed by atoms with Crippen LogP contribution in [0.1, 0.15) is 28.1 Å². The molecule has 0 aliphatic carbocycles. The van der Waals surface area contributed by atoms with E-state index in [0.29, 0.717) is 18.0 Å². The topological polar surface area (TPSA) is 67.4 Å². The maximum absolute atomic E-state index is 13.9. The second-order valence-corrected chi connectivity index (χ2v) is 8.99. The molecule has 4 aromatic carbocycles. The number of rotatable bonds is 9. The number of carbonyl (C=O) groups is 2. The lowest BCUT2D eigenvalue weighted by molar-refractivity contribution is -0.115. The van der Waals surface area contributed by atoms with Crippen molar-refractivity contribution in [1.29, 1.82) is 0 Å². The number of carbonyl (C=O) groups excluding carboxylic acids is 2. The minimum Gasteiger partial charge on any atom is -0.494 e. The fourth-order valence-electron chi connectivity index (χ4n) is 3.51. The molecule has 1 atom stereocenters. The van der Waals surface area contributed by atoms with Crippen LogP contribution in [0.25, 0.3) is 0 Å². The van der Waals surface area contributed by atoms with Crippen molar-refractivity contribution in [2.75, 3.05) is 17.2 Å². The normalized spacial score (nSPS) is 11.4. The zero-order chi connectivity index (χ0) is 25.3. The number of hydrogen-bond donors (Lipinski definition) is 2. The van der Waals surface area contributed by atoms with E-state index in [1.807, 2.05) is 73.7 Å². The largest absolute Gasteiger partial charge is 0.494 e. The van der Waals surface area contributed by atoms with Crippen LogP contribution in [0.3, 0.4) is 0 Å². The van der Waals surface area contributed by atoms with Gasteiger partial charge in [-0.2, -0.15) is 0 Å². The molecule has 4 aromatic rings. The van der Waals surface area contributed by atoms with Crippen LogP contribution in [0.4, 0.5) is 15.8 Å². The van der Waals surface area contributed by atoms with Gasteiger partial charge < -0.3 is 15.4 Å². The van der Waals surface area contributed by atoms with Crippen molar-refractivity contribution >= 4 is 35.0 Å². The van der Waals surface area contributed by atoms with Crippen molar-refractivity contribution in [3.63, 3.8) is 0 Å². The van der Waals surface area contributed by atoms with Gasteiger partial charge in [-0.15, -0.1) is 11.8 Å². The number of halogens is 1. The molecule has 0 aromatic heterocycles.